The molecule has 114 valence electrons. The molecule has 0 spiro atoms. The minimum atomic E-state index is -4.44. The molecule has 0 aromatic carbocycles. The van der Waals surface area contributed by atoms with Gasteiger partial charge in [0.2, 0.25) is 0 Å². The van der Waals surface area contributed by atoms with Crippen molar-refractivity contribution < 1.29 is 13.2 Å². The molecule has 0 unspecified atom stereocenters. The van der Waals surface area contributed by atoms with E-state index in [4.69, 9.17) is 0 Å². The Morgan fingerprint density at radius 1 is 1.29 bits per heavy atom. The Morgan fingerprint density at radius 3 is 2.62 bits per heavy atom. The quantitative estimate of drug-likeness (QED) is 0.923. The number of pyridine rings is 1. The maximum absolute atomic E-state index is 12.6. The van der Waals surface area contributed by atoms with Crippen molar-refractivity contribution in [2.45, 2.75) is 32.5 Å². The number of alkyl halides is 3. The highest BCUT2D eigenvalue weighted by atomic mass is 19.4. The summed E-state index contributed by atoms with van der Waals surface area (Å²) in [6, 6.07) is 4.65. The van der Waals surface area contributed by atoms with Gasteiger partial charge in [-0.15, -0.1) is 0 Å². The van der Waals surface area contributed by atoms with Gasteiger partial charge >= 0.3 is 6.18 Å². The van der Waals surface area contributed by atoms with Crippen molar-refractivity contribution in [3.63, 3.8) is 0 Å². The first-order chi connectivity index (χ1) is 9.94. The number of nitrogens with zero attached hydrogens (tertiary/aromatic N) is 3. The molecule has 0 aliphatic heterocycles. The lowest BCUT2D eigenvalue weighted by atomic mass is 10.1. The molecule has 0 atom stereocenters. The van der Waals surface area contributed by atoms with E-state index >= 15 is 0 Å². The lowest BCUT2D eigenvalue weighted by molar-refractivity contribution is -0.141. The first-order valence-electron chi connectivity index (χ1n) is 6.71. The Kier molecular flexibility index (Phi) is 4.62. The minimum absolute atomic E-state index is 0.404. The summed E-state index contributed by atoms with van der Waals surface area (Å²) in [5.74, 6) is 0.404. The molecule has 2 aromatic rings. The van der Waals surface area contributed by atoms with Gasteiger partial charge in [0.25, 0.3) is 0 Å². The predicted molar refractivity (Wildman–Crippen MR) is 73.1 cm³/mol. The van der Waals surface area contributed by atoms with E-state index in [1.165, 1.54) is 10.9 Å². The normalized spacial score (nSPS) is 11.9. The molecular formula is C14H17F3N4. The molecule has 4 nitrogen and oxygen atoms in total. The summed E-state index contributed by atoms with van der Waals surface area (Å²) in [5, 5.41) is 6.59. The fraction of sp³-hybridized carbons (Fsp3) is 0.429. The number of aromatic nitrogens is 3. The van der Waals surface area contributed by atoms with Crippen molar-refractivity contribution >= 4 is 0 Å². The van der Waals surface area contributed by atoms with Crippen LogP contribution in [0.5, 0.6) is 0 Å². The highest BCUT2D eigenvalue weighted by Crippen LogP contribution is 2.27. The zero-order chi connectivity index (χ0) is 15.5. The molecule has 0 bridgehead atoms. The van der Waals surface area contributed by atoms with E-state index in [2.05, 4.69) is 15.4 Å². The maximum atomic E-state index is 12.6. The molecule has 0 amide bonds. The van der Waals surface area contributed by atoms with Crippen molar-refractivity contribution in [2.75, 3.05) is 7.05 Å². The van der Waals surface area contributed by atoms with Crippen LogP contribution in [-0.4, -0.2) is 21.8 Å². The highest BCUT2D eigenvalue weighted by Gasteiger charge is 2.33. The molecule has 2 heterocycles. The fourth-order valence-corrected chi connectivity index (χ4v) is 2.04. The summed E-state index contributed by atoms with van der Waals surface area (Å²) >= 11 is 0. The fourth-order valence-electron chi connectivity index (χ4n) is 2.04. The van der Waals surface area contributed by atoms with E-state index in [1.807, 2.05) is 20.0 Å². The molecule has 1 N–H and O–H groups in total. The van der Waals surface area contributed by atoms with Gasteiger partial charge in [0.1, 0.15) is 0 Å². The van der Waals surface area contributed by atoms with Gasteiger partial charge < -0.3 is 5.32 Å². The van der Waals surface area contributed by atoms with Crippen LogP contribution in [0.2, 0.25) is 0 Å². The number of rotatable bonds is 5. The first-order valence-corrected chi connectivity index (χ1v) is 6.71. The van der Waals surface area contributed by atoms with E-state index in [9.17, 15) is 13.2 Å². The van der Waals surface area contributed by atoms with Crippen LogP contribution >= 0.6 is 0 Å². The van der Waals surface area contributed by atoms with Crippen molar-refractivity contribution in [1.29, 1.82) is 0 Å². The SMILES string of the molecule is CCCc1cc(CNC)cc(-n2ccc(C(F)(F)F)n2)n1. The molecule has 0 radical (unpaired) electrons. The number of aryl methyl sites for hydroxylation is 1. The van der Waals surface area contributed by atoms with Gasteiger partial charge in [-0.05, 0) is 37.2 Å². The summed E-state index contributed by atoms with van der Waals surface area (Å²) in [6.07, 6.45) is -1.47. The van der Waals surface area contributed by atoms with E-state index in [-0.39, 0.29) is 0 Å². The van der Waals surface area contributed by atoms with Crippen molar-refractivity contribution in [2.24, 2.45) is 0 Å². The monoisotopic (exact) mass is 298 g/mol. The van der Waals surface area contributed by atoms with Gasteiger partial charge in [0.15, 0.2) is 11.5 Å². The second kappa shape index (κ2) is 6.26. The van der Waals surface area contributed by atoms with Crippen LogP contribution in [0.3, 0.4) is 0 Å². The van der Waals surface area contributed by atoms with Crippen molar-refractivity contribution in [1.82, 2.24) is 20.1 Å². The maximum Gasteiger partial charge on any atom is 0.435 e. The average molecular weight is 298 g/mol. The highest BCUT2D eigenvalue weighted by molar-refractivity contribution is 5.31. The molecule has 0 aliphatic rings. The van der Waals surface area contributed by atoms with Crippen LogP contribution in [0.1, 0.15) is 30.3 Å². The van der Waals surface area contributed by atoms with Crippen LogP contribution < -0.4 is 5.32 Å². The minimum Gasteiger partial charge on any atom is -0.316 e. The zero-order valence-corrected chi connectivity index (χ0v) is 11.9. The third kappa shape index (κ3) is 3.81. The molecule has 0 saturated heterocycles. The first kappa shape index (κ1) is 15.5. The van der Waals surface area contributed by atoms with E-state index in [0.717, 1.165) is 30.2 Å². The lowest BCUT2D eigenvalue weighted by Crippen LogP contribution is -2.10. The predicted octanol–water partition coefficient (Wildman–Crippen LogP) is 2.96. The van der Waals surface area contributed by atoms with Crippen LogP contribution in [0.15, 0.2) is 24.4 Å². The topological polar surface area (TPSA) is 42.7 Å². The summed E-state index contributed by atoms with van der Waals surface area (Å²) in [7, 11) is 1.81. The molecule has 0 fully saturated rings. The Bertz CT molecular complexity index is 580. The largest absolute Gasteiger partial charge is 0.435 e. The summed E-state index contributed by atoms with van der Waals surface area (Å²) in [4.78, 5) is 4.38. The van der Waals surface area contributed by atoms with Gasteiger partial charge in [-0.2, -0.15) is 18.3 Å². The lowest BCUT2D eigenvalue weighted by Gasteiger charge is -2.08. The van der Waals surface area contributed by atoms with Gasteiger partial charge in [-0.3, -0.25) is 0 Å². The van der Waals surface area contributed by atoms with Crippen LogP contribution in [0.25, 0.3) is 5.82 Å². The number of hydrogen-bond donors (Lipinski definition) is 1. The van der Waals surface area contributed by atoms with Crippen molar-refractivity contribution in [3.05, 3.63) is 41.3 Å². The standard InChI is InChI=1S/C14H17F3N4/c1-3-4-11-7-10(9-18-2)8-13(19-11)21-6-5-12(20-21)14(15,16)17/h5-8,18H,3-4,9H2,1-2H3. The van der Waals surface area contributed by atoms with E-state index < -0.39 is 11.9 Å². The molecule has 2 aromatic heterocycles. The van der Waals surface area contributed by atoms with Gasteiger partial charge in [0, 0.05) is 18.4 Å². The van der Waals surface area contributed by atoms with Gasteiger partial charge in [-0.25, -0.2) is 9.67 Å². The Hall–Kier alpha value is -1.89. The third-order valence-electron chi connectivity index (χ3n) is 2.93. The molecule has 2 rings (SSSR count). The number of hydrogen-bond acceptors (Lipinski definition) is 3. The third-order valence-corrected chi connectivity index (χ3v) is 2.93. The number of nitrogens with one attached hydrogen (secondary N) is 1. The van der Waals surface area contributed by atoms with E-state index in [0.29, 0.717) is 12.4 Å². The Balaban J connectivity index is 2.39. The van der Waals surface area contributed by atoms with Crippen molar-refractivity contribution in [3.8, 4) is 5.82 Å². The van der Waals surface area contributed by atoms with Crippen LogP contribution in [0, 0.1) is 0 Å². The summed E-state index contributed by atoms with van der Waals surface area (Å²) in [6.45, 7) is 2.65. The summed E-state index contributed by atoms with van der Waals surface area (Å²) < 4.78 is 39.0. The Labute approximate surface area is 121 Å². The second-order valence-electron chi connectivity index (χ2n) is 4.75. The van der Waals surface area contributed by atoms with Gasteiger partial charge in [0.05, 0.1) is 0 Å². The average Bonchev–Trinajstić information content (AvgIpc) is 2.88. The molecule has 0 aliphatic carbocycles. The molecular weight excluding hydrogens is 281 g/mol. The zero-order valence-electron chi connectivity index (χ0n) is 11.9. The molecule has 7 heteroatoms. The number of halogens is 3. The smallest absolute Gasteiger partial charge is 0.316 e. The van der Waals surface area contributed by atoms with Crippen LogP contribution in [0.4, 0.5) is 13.2 Å². The summed E-state index contributed by atoms with van der Waals surface area (Å²) in [5.41, 5.74) is 0.902. The van der Waals surface area contributed by atoms with E-state index in [1.54, 1.807) is 6.07 Å². The van der Waals surface area contributed by atoms with Gasteiger partial charge in [-0.1, -0.05) is 13.3 Å². The Morgan fingerprint density at radius 2 is 2.05 bits per heavy atom. The molecule has 21 heavy (non-hydrogen) atoms. The molecule has 0 saturated carbocycles. The van der Waals surface area contributed by atoms with Crippen LogP contribution in [-0.2, 0) is 19.1 Å². The second-order valence-corrected chi connectivity index (χ2v) is 4.75.